The van der Waals surface area contributed by atoms with E-state index in [1.807, 2.05) is 13.8 Å². The summed E-state index contributed by atoms with van der Waals surface area (Å²) >= 11 is 1.28. The van der Waals surface area contributed by atoms with Gasteiger partial charge in [0.05, 0.1) is 34.8 Å². The van der Waals surface area contributed by atoms with Crippen molar-refractivity contribution in [1.29, 1.82) is 0 Å². The summed E-state index contributed by atoms with van der Waals surface area (Å²) in [4.78, 5) is 29.2. The van der Waals surface area contributed by atoms with Crippen LogP contribution in [0.3, 0.4) is 0 Å². The van der Waals surface area contributed by atoms with E-state index >= 15 is 0 Å². The number of nitrogens with one attached hydrogen (secondary N) is 2. The average molecular weight is 539 g/mol. The number of carbonyl (C=O) groups is 1. The van der Waals surface area contributed by atoms with E-state index in [1.165, 1.54) is 11.3 Å². The fraction of sp³-hybridized carbons (Fsp3) is 0.435. The molecule has 0 bridgehead atoms. The van der Waals surface area contributed by atoms with Crippen molar-refractivity contribution < 1.29 is 25.5 Å². The van der Waals surface area contributed by atoms with E-state index in [0.29, 0.717) is 48.6 Å². The number of ether oxygens (including phenoxy) is 2. The lowest BCUT2D eigenvalue weighted by Crippen LogP contribution is -2.25. The highest BCUT2D eigenvalue weighted by Crippen LogP contribution is 2.29. The van der Waals surface area contributed by atoms with Gasteiger partial charge in [-0.1, -0.05) is 0 Å². The number of rotatable bonds is 12. The summed E-state index contributed by atoms with van der Waals surface area (Å²) in [6, 6.07) is 3.28. The number of anilines is 1. The van der Waals surface area contributed by atoms with Gasteiger partial charge in [0.1, 0.15) is 5.69 Å². The molecule has 1 aliphatic rings. The van der Waals surface area contributed by atoms with Crippen molar-refractivity contribution in [3.8, 4) is 16.5 Å². The van der Waals surface area contributed by atoms with Gasteiger partial charge in [-0.05, 0) is 45.2 Å². The molecular formula is C23H34N6O5S2. The van der Waals surface area contributed by atoms with Crippen LogP contribution in [0.15, 0.2) is 43.1 Å². The second kappa shape index (κ2) is 13.8. The van der Waals surface area contributed by atoms with Gasteiger partial charge in [-0.3, -0.25) is 19.5 Å². The molecule has 3 aromatic rings. The molecule has 3 heterocycles. The summed E-state index contributed by atoms with van der Waals surface area (Å²) in [5.41, 5.74) is 1.23. The lowest BCUT2D eigenvalue weighted by molar-refractivity contribution is 0.0944. The van der Waals surface area contributed by atoms with Gasteiger partial charge in [-0.25, -0.2) is 18.4 Å². The third kappa shape index (κ3) is 8.81. The van der Waals surface area contributed by atoms with E-state index in [-0.39, 0.29) is 14.0 Å². The minimum absolute atomic E-state index is 0. The van der Waals surface area contributed by atoms with Crippen LogP contribution in [-0.2, 0) is 14.8 Å². The number of sulfonamides is 1. The number of hydrogen-bond acceptors (Lipinski definition) is 10. The van der Waals surface area contributed by atoms with Gasteiger partial charge in [0, 0.05) is 41.2 Å². The lowest BCUT2D eigenvalue weighted by atomic mass is 10.4. The molecule has 1 fully saturated rings. The predicted molar refractivity (Wildman–Crippen MR) is 142 cm³/mol. The highest BCUT2D eigenvalue weighted by Gasteiger charge is 2.35. The first-order chi connectivity index (χ1) is 17.4. The topological polar surface area (TPSA) is 145 Å². The largest absolute Gasteiger partial charge is 0.477 e. The molecule has 0 aromatic carbocycles. The molecule has 36 heavy (non-hydrogen) atoms. The van der Waals surface area contributed by atoms with E-state index < -0.39 is 10.0 Å². The van der Waals surface area contributed by atoms with Crippen LogP contribution in [0.5, 0.6) is 5.88 Å². The monoisotopic (exact) mass is 538 g/mol. The minimum atomic E-state index is -3.12. The third-order valence-electron chi connectivity index (χ3n) is 4.72. The Kier molecular flexibility index (Phi) is 10.5. The Labute approximate surface area is 217 Å². The molecule has 0 spiro atoms. The van der Waals surface area contributed by atoms with Crippen molar-refractivity contribution >= 4 is 33.0 Å². The maximum atomic E-state index is 12.0. The summed E-state index contributed by atoms with van der Waals surface area (Å²) in [6.45, 7) is 6.24. The molecule has 0 radical (unpaired) electrons. The smallest absolute Gasteiger partial charge is 0.280 e. The lowest BCUT2D eigenvalue weighted by Gasteiger charge is -2.05. The Balaban J connectivity index is 0.000000410. The molecule has 0 aliphatic heterocycles. The summed E-state index contributed by atoms with van der Waals surface area (Å²) in [7, 11) is -3.12. The van der Waals surface area contributed by atoms with Crippen molar-refractivity contribution in [2.45, 2.75) is 38.4 Å². The molecule has 13 heteroatoms. The molecule has 198 valence electrons. The Morgan fingerprint density at radius 1 is 1.14 bits per heavy atom. The Bertz CT molecular complexity index is 1210. The molecule has 1 saturated carbocycles. The van der Waals surface area contributed by atoms with Crippen molar-refractivity contribution in [3.05, 3.63) is 48.1 Å². The van der Waals surface area contributed by atoms with Crippen molar-refractivity contribution in [2.24, 2.45) is 0 Å². The second-order valence-electron chi connectivity index (χ2n) is 7.59. The molecule has 0 saturated heterocycles. The van der Waals surface area contributed by atoms with E-state index in [4.69, 9.17) is 9.47 Å². The molecule has 4 rings (SSSR count). The van der Waals surface area contributed by atoms with Crippen LogP contribution in [0.1, 0.15) is 45.8 Å². The number of aromatic nitrogens is 4. The van der Waals surface area contributed by atoms with Crippen LogP contribution < -0.4 is 14.8 Å². The zero-order valence-corrected chi connectivity index (χ0v) is 21.8. The first-order valence-corrected chi connectivity index (χ1v) is 14.0. The summed E-state index contributed by atoms with van der Waals surface area (Å²) in [5.74, 6) is 0.270. The zero-order chi connectivity index (χ0) is 25.8. The van der Waals surface area contributed by atoms with Crippen molar-refractivity contribution in [1.82, 2.24) is 25.3 Å². The van der Waals surface area contributed by atoms with Gasteiger partial charge in [-0.15, -0.1) is 11.3 Å². The molecule has 0 unspecified atom stereocenters. The molecule has 3 aromatic heterocycles. The number of amides is 1. The minimum Gasteiger partial charge on any atom is -0.477 e. The maximum absolute atomic E-state index is 12.0. The normalized spacial score (nSPS) is 12.8. The summed E-state index contributed by atoms with van der Waals surface area (Å²) < 4.78 is 35.9. The van der Waals surface area contributed by atoms with Crippen LogP contribution in [-0.4, -0.2) is 65.9 Å². The van der Waals surface area contributed by atoms with Crippen LogP contribution in [0.25, 0.3) is 10.6 Å². The molecule has 2 N–H and O–H groups in total. The second-order valence-corrected chi connectivity index (χ2v) is 10.6. The van der Waals surface area contributed by atoms with Gasteiger partial charge >= 0.3 is 0 Å². The Morgan fingerprint density at radius 2 is 1.92 bits per heavy atom. The van der Waals surface area contributed by atoms with E-state index in [2.05, 4.69) is 30.0 Å². The molecular weight excluding hydrogens is 504 g/mol. The Morgan fingerprint density at radius 3 is 2.61 bits per heavy atom. The van der Waals surface area contributed by atoms with Crippen LogP contribution >= 0.6 is 11.3 Å². The SMILES string of the molecule is CCOCCCNC(=O)c1ncc(-c2cncc(OCC)n2)s1.O=S(=O)(Nc1ccncc1)C1CC1.[HH].[HH]. The molecule has 1 aliphatic carbocycles. The number of nitrogens with zero attached hydrogens (tertiary/aromatic N) is 4. The fourth-order valence-electron chi connectivity index (χ4n) is 2.82. The fourth-order valence-corrected chi connectivity index (χ4v) is 5.00. The first kappa shape index (κ1) is 27.4. The van der Waals surface area contributed by atoms with Gasteiger partial charge in [0.25, 0.3) is 5.91 Å². The van der Waals surface area contributed by atoms with E-state index in [0.717, 1.165) is 24.1 Å². The van der Waals surface area contributed by atoms with Crippen LogP contribution in [0.4, 0.5) is 5.69 Å². The molecule has 1 amide bonds. The third-order valence-corrected chi connectivity index (χ3v) is 7.60. The quantitative estimate of drug-likeness (QED) is 0.330. The highest BCUT2D eigenvalue weighted by molar-refractivity contribution is 7.93. The van der Waals surface area contributed by atoms with Crippen molar-refractivity contribution in [2.75, 3.05) is 31.1 Å². The summed E-state index contributed by atoms with van der Waals surface area (Å²) in [5, 5.41) is 3.05. The number of carbonyl (C=O) groups excluding carboxylic acids is 1. The van der Waals surface area contributed by atoms with Crippen LogP contribution in [0.2, 0.25) is 0 Å². The predicted octanol–water partition coefficient (Wildman–Crippen LogP) is 3.63. The average Bonchev–Trinajstić information content (AvgIpc) is 3.63. The van der Waals surface area contributed by atoms with Crippen LogP contribution in [0, 0.1) is 0 Å². The molecule has 0 atom stereocenters. The van der Waals surface area contributed by atoms with Gasteiger partial charge in [-0.2, -0.15) is 0 Å². The number of pyridine rings is 1. The van der Waals surface area contributed by atoms with Crippen molar-refractivity contribution in [3.63, 3.8) is 0 Å². The highest BCUT2D eigenvalue weighted by atomic mass is 32.2. The molecule has 11 nitrogen and oxygen atoms in total. The van der Waals surface area contributed by atoms with Gasteiger partial charge in [0.2, 0.25) is 15.9 Å². The van der Waals surface area contributed by atoms with E-state index in [1.54, 1.807) is 43.1 Å². The van der Waals surface area contributed by atoms with Gasteiger partial charge < -0.3 is 14.8 Å². The van der Waals surface area contributed by atoms with E-state index in [9.17, 15) is 13.2 Å². The first-order valence-electron chi connectivity index (χ1n) is 11.6. The standard InChI is InChI=1S/C15H20N4O3S.C8H10N2O2S.2H2/c1-3-21-7-5-6-17-14(20)15-18-9-12(23-15)11-8-16-10-13(19-11)22-4-2;11-13(12,8-1-2-8)10-7-3-5-9-6-4-7;;/h8-10H,3-7H2,1-2H3,(H,17,20);3-6,8H,1-2H2,(H,9,10);2*1H. The zero-order valence-electron chi connectivity index (χ0n) is 20.2. The Hall–Kier alpha value is -3.16. The van der Waals surface area contributed by atoms with Gasteiger partial charge in [0.15, 0.2) is 5.01 Å². The summed E-state index contributed by atoms with van der Waals surface area (Å²) in [6.07, 6.45) is 10.3. The maximum Gasteiger partial charge on any atom is 0.280 e. The number of thiazole rings is 1. The number of hydrogen-bond donors (Lipinski definition) is 2.